The molecule has 0 fully saturated rings. The maximum Gasteiger partial charge on any atom is 0.411 e. The SMILES string of the molecule is CCCN(C(=O)OC(C)(C)C)[C@@H](Cc1ccccc1)C(=O)O. The van der Waals surface area contributed by atoms with Crippen LogP contribution in [0.5, 0.6) is 0 Å². The van der Waals surface area contributed by atoms with Gasteiger partial charge in [-0.1, -0.05) is 37.3 Å². The van der Waals surface area contributed by atoms with E-state index in [9.17, 15) is 14.7 Å². The fourth-order valence-electron chi connectivity index (χ4n) is 2.10. The molecule has 0 aromatic heterocycles. The Kier molecular flexibility index (Phi) is 6.40. The van der Waals surface area contributed by atoms with Gasteiger partial charge in [0.05, 0.1) is 0 Å². The Labute approximate surface area is 131 Å². The summed E-state index contributed by atoms with van der Waals surface area (Å²) in [5.74, 6) is -1.02. The number of carbonyl (C=O) groups excluding carboxylic acids is 1. The predicted molar refractivity (Wildman–Crippen MR) is 84.8 cm³/mol. The van der Waals surface area contributed by atoms with E-state index in [0.717, 1.165) is 5.56 Å². The first-order chi connectivity index (χ1) is 10.2. The van der Waals surface area contributed by atoms with Gasteiger partial charge in [-0.3, -0.25) is 4.90 Å². The lowest BCUT2D eigenvalue weighted by molar-refractivity contribution is -0.143. The van der Waals surface area contributed by atoms with Crippen LogP contribution in [0.1, 0.15) is 39.7 Å². The van der Waals surface area contributed by atoms with Gasteiger partial charge >= 0.3 is 12.1 Å². The summed E-state index contributed by atoms with van der Waals surface area (Å²) in [6, 6.07) is 8.36. The summed E-state index contributed by atoms with van der Waals surface area (Å²) in [6.45, 7) is 7.55. The van der Waals surface area contributed by atoms with Crippen LogP contribution >= 0.6 is 0 Å². The number of nitrogens with zero attached hydrogens (tertiary/aromatic N) is 1. The van der Waals surface area contributed by atoms with Crippen LogP contribution in [0.4, 0.5) is 4.79 Å². The van der Waals surface area contributed by atoms with Gasteiger partial charge in [0.25, 0.3) is 0 Å². The Morgan fingerprint density at radius 2 is 1.82 bits per heavy atom. The van der Waals surface area contributed by atoms with Gasteiger partial charge < -0.3 is 9.84 Å². The monoisotopic (exact) mass is 307 g/mol. The Morgan fingerprint density at radius 1 is 1.23 bits per heavy atom. The van der Waals surface area contributed by atoms with E-state index in [-0.39, 0.29) is 6.42 Å². The van der Waals surface area contributed by atoms with Crippen molar-refractivity contribution in [2.75, 3.05) is 6.54 Å². The first kappa shape index (κ1) is 18.0. The Hall–Kier alpha value is -2.04. The number of carboxylic acid groups (broad SMARTS) is 1. The first-order valence-corrected chi connectivity index (χ1v) is 7.51. The molecule has 5 nitrogen and oxygen atoms in total. The summed E-state index contributed by atoms with van der Waals surface area (Å²) in [7, 11) is 0. The third-order valence-electron chi connectivity index (χ3n) is 3.03. The first-order valence-electron chi connectivity index (χ1n) is 7.51. The maximum absolute atomic E-state index is 12.3. The van der Waals surface area contributed by atoms with Gasteiger partial charge in [-0.2, -0.15) is 0 Å². The number of ether oxygens (including phenoxy) is 1. The van der Waals surface area contributed by atoms with Crippen LogP contribution in [0.15, 0.2) is 30.3 Å². The molecule has 0 aliphatic carbocycles. The smallest absolute Gasteiger partial charge is 0.411 e. The van der Waals surface area contributed by atoms with Crippen LogP contribution < -0.4 is 0 Å². The van der Waals surface area contributed by atoms with Crippen molar-refractivity contribution in [3.05, 3.63) is 35.9 Å². The number of benzene rings is 1. The number of rotatable bonds is 6. The van der Waals surface area contributed by atoms with Gasteiger partial charge in [-0.25, -0.2) is 9.59 Å². The van der Waals surface area contributed by atoms with Crippen molar-refractivity contribution >= 4 is 12.1 Å². The molecule has 1 aromatic rings. The number of hydrogen-bond donors (Lipinski definition) is 1. The highest BCUT2D eigenvalue weighted by Gasteiger charge is 2.32. The van der Waals surface area contributed by atoms with Crippen molar-refractivity contribution in [3.8, 4) is 0 Å². The molecule has 1 amide bonds. The Morgan fingerprint density at radius 3 is 2.27 bits per heavy atom. The van der Waals surface area contributed by atoms with Gasteiger partial charge in [0.15, 0.2) is 0 Å². The maximum atomic E-state index is 12.3. The average Bonchev–Trinajstić information content (AvgIpc) is 2.41. The third kappa shape index (κ3) is 5.76. The second-order valence-electron chi connectivity index (χ2n) is 6.22. The molecular formula is C17H25NO4. The van der Waals surface area contributed by atoms with Gasteiger partial charge in [0.1, 0.15) is 11.6 Å². The van der Waals surface area contributed by atoms with Gasteiger partial charge in [0.2, 0.25) is 0 Å². The minimum absolute atomic E-state index is 0.259. The van der Waals surface area contributed by atoms with Gasteiger partial charge in [-0.15, -0.1) is 0 Å². The zero-order valence-corrected chi connectivity index (χ0v) is 13.7. The van der Waals surface area contributed by atoms with Crippen LogP contribution in [0.2, 0.25) is 0 Å². The topological polar surface area (TPSA) is 66.8 Å². The number of hydrogen-bond acceptors (Lipinski definition) is 3. The molecule has 1 aromatic carbocycles. The second-order valence-corrected chi connectivity index (χ2v) is 6.22. The van der Waals surface area contributed by atoms with Gasteiger partial charge in [0, 0.05) is 13.0 Å². The van der Waals surface area contributed by atoms with E-state index in [1.54, 1.807) is 20.8 Å². The summed E-state index contributed by atoms with van der Waals surface area (Å²) < 4.78 is 5.34. The molecule has 0 heterocycles. The zero-order chi connectivity index (χ0) is 16.8. The fraction of sp³-hybridized carbons (Fsp3) is 0.529. The second kappa shape index (κ2) is 7.82. The van der Waals surface area contributed by atoms with Crippen LogP contribution in [-0.4, -0.2) is 40.3 Å². The fourth-order valence-corrected chi connectivity index (χ4v) is 2.10. The molecule has 0 aliphatic rings. The average molecular weight is 307 g/mol. The summed E-state index contributed by atoms with van der Waals surface area (Å²) in [5.41, 5.74) is 0.221. The van der Waals surface area contributed by atoms with E-state index < -0.39 is 23.7 Å². The molecule has 1 N–H and O–H groups in total. The summed E-state index contributed by atoms with van der Waals surface area (Å²) in [4.78, 5) is 25.3. The van der Waals surface area contributed by atoms with Crippen molar-refractivity contribution in [1.82, 2.24) is 4.90 Å². The molecule has 22 heavy (non-hydrogen) atoms. The molecule has 0 unspecified atom stereocenters. The van der Waals surface area contributed by atoms with E-state index in [1.807, 2.05) is 37.3 Å². The third-order valence-corrected chi connectivity index (χ3v) is 3.03. The van der Waals surface area contributed by atoms with Crippen molar-refractivity contribution < 1.29 is 19.4 Å². The van der Waals surface area contributed by atoms with Crippen molar-refractivity contribution in [2.24, 2.45) is 0 Å². The zero-order valence-electron chi connectivity index (χ0n) is 13.7. The summed E-state index contributed by atoms with van der Waals surface area (Å²) in [6.07, 6.45) is 0.338. The minimum Gasteiger partial charge on any atom is -0.480 e. The highest BCUT2D eigenvalue weighted by Crippen LogP contribution is 2.16. The van der Waals surface area contributed by atoms with E-state index in [1.165, 1.54) is 4.90 Å². The van der Waals surface area contributed by atoms with E-state index in [2.05, 4.69) is 0 Å². The van der Waals surface area contributed by atoms with Crippen LogP contribution in [0.3, 0.4) is 0 Å². The normalized spacial score (nSPS) is 12.5. The van der Waals surface area contributed by atoms with Crippen LogP contribution in [0.25, 0.3) is 0 Å². The molecule has 0 saturated heterocycles. The highest BCUT2D eigenvalue weighted by molar-refractivity contribution is 5.80. The quantitative estimate of drug-likeness (QED) is 0.875. The van der Waals surface area contributed by atoms with E-state index >= 15 is 0 Å². The molecule has 5 heteroatoms. The van der Waals surface area contributed by atoms with E-state index in [4.69, 9.17) is 4.74 Å². The molecule has 0 aliphatic heterocycles. The van der Waals surface area contributed by atoms with Crippen molar-refractivity contribution in [1.29, 1.82) is 0 Å². The molecular weight excluding hydrogens is 282 g/mol. The Balaban J connectivity index is 2.96. The number of carbonyl (C=O) groups is 2. The largest absolute Gasteiger partial charge is 0.480 e. The lowest BCUT2D eigenvalue weighted by atomic mass is 10.0. The Bertz CT molecular complexity index is 493. The van der Waals surface area contributed by atoms with E-state index in [0.29, 0.717) is 13.0 Å². The summed E-state index contributed by atoms with van der Waals surface area (Å²) in [5, 5.41) is 9.53. The van der Waals surface area contributed by atoms with Crippen LogP contribution in [0, 0.1) is 0 Å². The molecule has 122 valence electrons. The predicted octanol–water partition coefficient (Wildman–Crippen LogP) is 3.33. The molecule has 0 saturated carbocycles. The van der Waals surface area contributed by atoms with Crippen LogP contribution in [-0.2, 0) is 16.0 Å². The molecule has 1 atom stereocenters. The highest BCUT2D eigenvalue weighted by atomic mass is 16.6. The van der Waals surface area contributed by atoms with Crippen molar-refractivity contribution in [3.63, 3.8) is 0 Å². The lowest BCUT2D eigenvalue weighted by Gasteiger charge is -2.31. The molecule has 0 radical (unpaired) electrons. The lowest BCUT2D eigenvalue weighted by Crippen LogP contribution is -2.48. The standard InChI is InChI=1S/C17H25NO4/c1-5-11-18(16(21)22-17(2,3)4)14(15(19)20)12-13-9-7-6-8-10-13/h6-10,14H,5,11-12H2,1-4H3,(H,19,20)/t14-/m0/s1. The number of aliphatic carboxylic acids is 1. The van der Waals surface area contributed by atoms with Crippen molar-refractivity contribution in [2.45, 2.75) is 52.2 Å². The molecule has 0 spiro atoms. The summed E-state index contributed by atoms with van der Waals surface area (Å²) >= 11 is 0. The molecule has 0 bridgehead atoms. The molecule has 1 rings (SSSR count). The number of amides is 1. The van der Waals surface area contributed by atoms with Gasteiger partial charge in [-0.05, 0) is 32.8 Å². The number of carboxylic acids is 1. The minimum atomic E-state index is -1.02.